The van der Waals surface area contributed by atoms with Crippen LogP contribution >= 0.6 is 0 Å². The first-order chi connectivity index (χ1) is 13.4. The molecule has 150 valence electrons. The summed E-state index contributed by atoms with van der Waals surface area (Å²) in [6.07, 6.45) is 2.59. The van der Waals surface area contributed by atoms with Gasteiger partial charge in [0.2, 0.25) is 5.66 Å². The van der Waals surface area contributed by atoms with Crippen LogP contribution in [0.3, 0.4) is 0 Å². The van der Waals surface area contributed by atoms with Gasteiger partial charge in [-0.15, -0.1) is 0 Å². The molecule has 4 aliphatic heterocycles. The summed E-state index contributed by atoms with van der Waals surface area (Å²) in [5.74, 6) is -0.629. The number of hydrogen-bond donors (Lipinski definition) is 3. The highest BCUT2D eigenvalue weighted by Gasteiger charge is 2.88. The number of methoxy groups -OCH3 is 1. The molecule has 4 fully saturated rings. The second-order valence-corrected chi connectivity index (χ2v) is 9.16. The smallest absolute Gasteiger partial charge is 0.316 e. The molecule has 6 heteroatoms. The number of allylic oxidation sites excluding steroid dienone is 1. The molecule has 1 aliphatic carbocycles. The van der Waals surface area contributed by atoms with Crippen molar-refractivity contribution in [3.05, 3.63) is 41.5 Å². The van der Waals surface area contributed by atoms with E-state index in [9.17, 15) is 15.0 Å². The summed E-state index contributed by atoms with van der Waals surface area (Å²) in [5.41, 5.74) is 0.476. The molecule has 1 saturated carbocycles. The maximum atomic E-state index is 13.5. The fourth-order valence-corrected chi connectivity index (χ4v) is 7.70. The number of nitrogens with one attached hydrogen (secondary N) is 1. The van der Waals surface area contributed by atoms with Gasteiger partial charge < -0.3 is 20.3 Å². The van der Waals surface area contributed by atoms with Crippen molar-refractivity contribution < 1.29 is 24.2 Å². The summed E-state index contributed by atoms with van der Waals surface area (Å²) in [7, 11) is 3.59. The quantitative estimate of drug-likeness (QED) is 0.407. The lowest BCUT2D eigenvalue weighted by Crippen LogP contribution is -2.78. The molecule has 1 aromatic carbocycles. The zero-order chi connectivity index (χ0) is 19.9. The van der Waals surface area contributed by atoms with Crippen molar-refractivity contribution in [2.45, 2.75) is 36.9 Å². The molecule has 5 aliphatic rings. The molecule has 3 saturated heterocycles. The number of aliphatic hydroxyl groups excluding tert-OH is 2. The molecule has 0 amide bonds. The standard InChI is InChI=1S/C22H29N2O4/c1-4-14-12-24(2)10-9-21-15-7-5-6-8-17(15)23-22(21,24)18(26)11-16(14)20(21,13-25)19(27)28-3/h4-8,16,18,23,25-26H,9-13H2,1-3H3/q+1/b14-4-/t16-,18-,20-,21-,22-,24?/m0/s1. The zero-order valence-corrected chi connectivity index (χ0v) is 16.7. The van der Waals surface area contributed by atoms with E-state index in [2.05, 4.69) is 24.5 Å². The Labute approximate surface area is 165 Å². The molecule has 1 aromatic rings. The van der Waals surface area contributed by atoms with Crippen LogP contribution in [0.4, 0.5) is 5.69 Å². The minimum absolute atomic E-state index is 0.258. The molecule has 3 N–H and O–H groups in total. The second kappa shape index (κ2) is 5.38. The van der Waals surface area contributed by atoms with E-state index >= 15 is 0 Å². The number of quaternary nitrogens is 1. The lowest BCUT2D eigenvalue weighted by Gasteiger charge is -2.58. The van der Waals surface area contributed by atoms with Crippen LogP contribution in [0.2, 0.25) is 0 Å². The zero-order valence-electron chi connectivity index (χ0n) is 16.7. The SMILES string of the molecule is C/C=C1/C[N+]2(C)CC[C@@]34c5ccccc5N[C@]32[C@@H](O)C[C@@H]1[C@@]4(CO)C(=O)OC. The van der Waals surface area contributed by atoms with E-state index < -0.39 is 22.6 Å². The summed E-state index contributed by atoms with van der Waals surface area (Å²) in [5, 5.41) is 26.2. The van der Waals surface area contributed by atoms with E-state index in [1.54, 1.807) is 0 Å². The van der Waals surface area contributed by atoms with Crippen LogP contribution in [-0.2, 0) is 14.9 Å². The molecule has 1 spiro atoms. The van der Waals surface area contributed by atoms with Crippen molar-refractivity contribution in [1.82, 2.24) is 0 Å². The van der Waals surface area contributed by atoms with E-state index in [0.29, 0.717) is 17.3 Å². The molecular weight excluding hydrogens is 356 g/mol. The Bertz CT molecular complexity index is 900. The third-order valence-electron chi connectivity index (χ3n) is 8.64. The maximum Gasteiger partial charge on any atom is 0.316 e. The Morgan fingerprint density at radius 2 is 2.18 bits per heavy atom. The van der Waals surface area contributed by atoms with Gasteiger partial charge in [-0.25, -0.2) is 0 Å². The number of anilines is 1. The number of nitrogens with zero attached hydrogens (tertiary/aromatic N) is 1. The molecule has 28 heavy (non-hydrogen) atoms. The van der Waals surface area contributed by atoms with Gasteiger partial charge in [0.25, 0.3) is 0 Å². The minimum atomic E-state index is -1.13. The van der Waals surface area contributed by atoms with Crippen LogP contribution in [0.25, 0.3) is 0 Å². The Kier molecular flexibility index (Phi) is 3.49. The van der Waals surface area contributed by atoms with Gasteiger partial charge >= 0.3 is 5.97 Å². The van der Waals surface area contributed by atoms with Crippen molar-refractivity contribution in [3.63, 3.8) is 0 Å². The number of rotatable bonds is 2. The third kappa shape index (κ3) is 1.52. The predicted octanol–water partition coefficient (Wildman–Crippen LogP) is 1.39. The fraction of sp³-hybridized carbons (Fsp3) is 0.591. The first-order valence-corrected chi connectivity index (χ1v) is 10.1. The summed E-state index contributed by atoms with van der Waals surface area (Å²) < 4.78 is 5.98. The number of carbonyl (C=O) groups excluding carboxylic acids is 1. The monoisotopic (exact) mass is 385 g/mol. The van der Waals surface area contributed by atoms with E-state index in [1.165, 1.54) is 7.11 Å². The minimum Gasteiger partial charge on any atom is -0.468 e. The number of hydrogen-bond acceptors (Lipinski definition) is 5. The maximum absolute atomic E-state index is 13.5. The van der Waals surface area contributed by atoms with Crippen LogP contribution < -0.4 is 5.32 Å². The molecule has 0 radical (unpaired) electrons. The van der Waals surface area contributed by atoms with Crippen molar-refractivity contribution in [2.75, 3.05) is 39.2 Å². The first kappa shape index (κ1) is 18.2. The molecule has 4 bridgehead atoms. The lowest BCUT2D eigenvalue weighted by atomic mass is 9.45. The number of carbonyl (C=O) groups is 1. The van der Waals surface area contributed by atoms with Gasteiger partial charge in [-0.1, -0.05) is 24.3 Å². The Morgan fingerprint density at radius 3 is 2.86 bits per heavy atom. The normalized spacial score (nSPS) is 46.7. The van der Waals surface area contributed by atoms with Crippen molar-refractivity contribution in [2.24, 2.45) is 11.3 Å². The van der Waals surface area contributed by atoms with Gasteiger partial charge in [-0.3, -0.25) is 9.28 Å². The molecular formula is C22H29N2O4+. The van der Waals surface area contributed by atoms with Gasteiger partial charge in [0, 0.05) is 18.0 Å². The summed E-state index contributed by atoms with van der Waals surface area (Å²) in [4.78, 5) is 13.5. The average Bonchev–Trinajstić information content (AvgIpc) is 3.12. The summed E-state index contributed by atoms with van der Waals surface area (Å²) >= 11 is 0. The van der Waals surface area contributed by atoms with Crippen molar-refractivity contribution in [3.8, 4) is 0 Å². The largest absolute Gasteiger partial charge is 0.468 e. The Morgan fingerprint density at radius 1 is 1.43 bits per heavy atom. The third-order valence-corrected chi connectivity index (χ3v) is 8.64. The summed E-state index contributed by atoms with van der Waals surface area (Å²) in [6.45, 7) is 3.26. The Hall–Kier alpha value is -1.89. The van der Waals surface area contributed by atoms with Gasteiger partial charge in [-0.2, -0.15) is 0 Å². The molecule has 6 atom stereocenters. The van der Waals surface area contributed by atoms with Crippen LogP contribution in [0.5, 0.6) is 0 Å². The van der Waals surface area contributed by atoms with Crippen LogP contribution in [0.15, 0.2) is 35.9 Å². The molecule has 0 aromatic heterocycles. The highest BCUT2D eigenvalue weighted by atomic mass is 16.5. The van der Waals surface area contributed by atoms with Gasteiger partial charge in [0.15, 0.2) is 0 Å². The molecule has 6 nitrogen and oxygen atoms in total. The van der Waals surface area contributed by atoms with E-state index in [4.69, 9.17) is 4.74 Å². The second-order valence-electron chi connectivity index (χ2n) is 9.16. The molecule has 1 unspecified atom stereocenters. The van der Waals surface area contributed by atoms with Crippen molar-refractivity contribution in [1.29, 1.82) is 0 Å². The molecule has 4 heterocycles. The number of likely N-dealkylation sites (N-methyl/N-ethyl adjacent to an activating group) is 1. The number of esters is 1. The van der Waals surface area contributed by atoms with E-state index in [-0.39, 0.29) is 18.5 Å². The highest BCUT2D eigenvalue weighted by Crippen LogP contribution is 2.74. The molecule has 6 rings (SSSR count). The van der Waals surface area contributed by atoms with E-state index in [1.807, 2.05) is 25.1 Å². The van der Waals surface area contributed by atoms with Crippen LogP contribution in [-0.4, -0.2) is 66.3 Å². The number of aliphatic hydroxyl groups is 2. The number of fused-ring (bicyclic) bond motifs is 3. The fourth-order valence-electron chi connectivity index (χ4n) is 7.70. The van der Waals surface area contributed by atoms with Crippen LogP contribution in [0.1, 0.15) is 25.3 Å². The predicted molar refractivity (Wildman–Crippen MR) is 104 cm³/mol. The highest BCUT2D eigenvalue weighted by molar-refractivity contribution is 5.85. The first-order valence-electron chi connectivity index (χ1n) is 10.1. The van der Waals surface area contributed by atoms with Gasteiger partial charge in [0.1, 0.15) is 18.1 Å². The van der Waals surface area contributed by atoms with Crippen LogP contribution in [0, 0.1) is 11.3 Å². The lowest BCUT2D eigenvalue weighted by molar-refractivity contribution is -0.944. The number of benzene rings is 1. The number of para-hydroxylation sites is 1. The average molecular weight is 385 g/mol. The van der Waals surface area contributed by atoms with Gasteiger partial charge in [-0.05, 0) is 30.5 Å². The number of ether oxygens (including phenoxy) is 1. The van der Waals surface area contributed by atoms with E-state index in [0.717, 1.165) is 29.9 Å². The van der Waals surface area contributed by atoms with Gasteiger partial charge in [0.05, 0.1) is 32.7 Å². The Balaban J connectivity index is 1.96. The summed E-state index contributed by atoms with van der Waals surface area (Å²) in [6, 6.07) is 8.04. The van der Waals surface area contributed by atoms with Crippen molar-refractivity contribution >= 4 is 11.7 Å². The topological polar surface area (TPSA) is 78.8 Å².